The lowest BCUT2D eigenvalue weighted by atomic mass is 10.3. The maximum Gasteiger partial charge on any atom is 0.372 e. The Hall–Kier alpha value is -2.45. The van der Waals surface area contributed by atoms with Gasteiger partial charge in [0.2, 0.25) is 11.7 Å². The molecule has 1 heterocycles. The molecular formula is C11H15N5O4. The van der Waals surface area contributed by atoms with E-state index in [9.17, 15) is 14.9 Å². The van der Waals surface area contributed by atoms with Gasteiger partial charge in [-0.15, -0.1) is 0 Å². The summed E-state index contributed by atoms with van der Waals surface area (Å²) in [5.74, 6) is -0.153. The predicted octanol–water partition coefficient (Wildman–Crippen LogP) is 0.474. The van der Waals surface area contributed by atoms with Gasteiger partial charge in [-0.1, -0.05) is 0 Å². The number of methoxy groups -OCH3 is 1. The highest BCUT2D eigenvalue weighted by atomic mass is 16.6. The molecule has 1 saturated carbocycles. The minimum Gasteiger partial charge on any atom is -0.476 e. The van der Waals surface area contributed by atoms with E-state index in [1.54, 1.807) is 0 Å². The van der Waals surface area contributed by atoms with Crippen molar-refractivity contribution in [1.82, 2.24) is 15.3 Å². The van der Waals surface area contributed by atoms with Crippen LogP contribution in [0.25, 0.3) is 0 Å². The van der Waals surface area contributed by atoms with Crippen LogP contribution in [0.2, 0.25) is 0 Å². The molecule has 1 aliphatic rings. The van der Waals surface area contributed by atoms with Gasteiger partial charge >= 0.3 is 5.69 Å². The number of hydrogen-bond donors (Lipinski definition) is 2. The molecular weight excluding hydrogens is 266 g/mol. The van der Waals surface area contributed by atoms with Crippen LogP contribution in [0.15, 0.2) is 6.33 Å². The second-order valence-corrected chi connectivity index (χ2v) is 4.36. The summed E-state index contributed by atoms with van der Waals surface area (Å²) in [6.45, 7) is 0.250. The molecule has 0 aliphatic heterocycles. The van der Waals surface area contributed by atoms with Crippen molar-refractivity contribution >= 4 is 17.4 Å². The maximum absolute atomic E-state index is 11.5. The Bertz CT molecular complexity index is 518. The first-order valence-electron chi connectivity index (χ1n) is 6.18. The number of carbonyl (C=O) groups is 1. The summed E-state index contributed by atoms with van der Waals surface area (Å²) in [6, 6.07) is 0.302. The molecule has 108 valence electrons. The Balaban J connectivity index is 1.94. The van der Waals surface area contributed by atoms with Gasteiger partial charge in [0.05, 0.1) is 12.0 Å². The fraction of sp³-hybridized carbons (Fsp3) is 0.545. The summed E-state index contributed by atoms with van der Waals surface area (Å²) in [5, 5.41) is 16.6. The first-order valence-corrected chi connectivity index (χ1v) is 6.18. The molecule has 20 heavy (non-hydrogen) atoms. The first-order chi connectivity index (χ1) is 9.61. The average Bonchev–Trinajstić information content (AvgIpc) is 3.21. The highest BCUT2D eigenvalue weighted by molar-refractivity contribution is 5.77. The van der Waals surface area contributed by atoms with Crippen LogP contribution in [-0.4, -0.2) is 40.5 Å². The van der Waals surface area contributed by atoms with E-state index in [1.165, 1.54) is 13.4 Å². The fourth-order valence-electron chi connectivity index (χ4n) is 1.63. The standard InChI is InChI=1S/C11H15N5O4/c1-20-11-9(16(18)19)10(13-6-14-11)12-5-4-8(17)15-7-2-3-7/h6-7H,2-5H2,1H3,(H,15,17)(H,12,13,14). The van der Waals surface area contributed by atoms with Gasteiger partial charge in [0.25, 0.3) is 5.88 Å². The van der Waals surface area contributed by atoms with Gasteiger partial charge in [0, 0.05) is 19.0 Å². The number of nitrogens with zero attached hydrogens (tertiary/aromatic N) is 3. The lowest BCUT2D eigenvalue weighted by Gasteiger charge is -2.07. The van der Waals surface area contributed by atoms with Gasteiger partial charge in [0.1, 0.15) is 6.33 Å². The zero-order valence-corrected chi connectivity index (χ0v) is 11.0. The molecule has 0 bridgehead atoms. The summed E-state index contributed by atoms with van der Waals surface area (Å²) < 4.78 is 4.82. The van der Waals surface area contributed by atoms with Gasteiger partial charge in [-0.05, 0) is 12.8 Å². The molecule has 0 spiro atoms. The third-order valence-electron chi connectivity index (χ3n) is 2.75. The van der Waals surface area contributed by atoms with Crippen molar-refractivity contribution in [3.8, 4) is 5.88 Å². The molecule has 2 N–H and O–H groups in total. The lowest BCUT2D eigenvalue weighted by molar-refractivity contribution is -0.385. The number of carbonyl (C=O) groups excluding carboxylic acids is 1. The Morgan fingerprint density at radius 2 is 2.30 bits per heavy atom. The third kappa shape index (κ3) is 3.53. The minimum atomic E-state index is -0.620. The molecule has 1 aromatic heterocycles. The molecule has 0 aromatic carbocycles. The number of hydrogen-bond acceptors (Lipinski definition) is 7. The molecule has 1 aliphatic carbocycles. The Morgan fingerprint density at radius 1 is 1.55 bits per heavy atom. The molecule has 0 saturated heterocycles. The van der Waals surface area contributed by atoms with Crippen LogP contribution in [0.3, 0.4) is 0 Å². The van der Waals surface area contributed by atoms with Crippen molar-refractivity contribution in [2.75, 3.05) is 19.0 Å². The van der Waals surface area contributed by atoms with Crippen LogP contribution >= 0.6 is 0 Å². The van der Waals surface area contributed by atoms with E-state index in [0.29, 0.717) is 6.04 Å². The molecule has 2 rings (SSSR count). The number of amides is 1. The number of ether oxygens (including phenoxy) is 1. The third-order valence-corrected chi connectivity index (χ3v) is 2.75. The number of rotatable bonds is 7. The summed E-state index contributed by atoms with van der Waals surface area (Å²) >= 11 is 0. The quantitative estimate of drug-likeness (QED) is 0.550. The zero-order valence-electron chi connectivity index (χ0n) is 11.0. The lowest BCUT2D eigenvalue weighted by Crippen LogP contribution is -2.27. The fourth-order valence-corrected chi connectivity index (χ4v) is 1.63. The smallest absolute Gasteiger partial charge is 0.372 e. The van der Waals surface area contributed by atoms with Crippen molar-refractivity contribution in [2.24, 2.45) is 0 Å². The van der Waals surface area contributed by atoms with E-state index in [2.05, 4.69) is 20.6 Å². The Morgan fingerprint density at radius 3 is 2.90 bits per heavy atom. The molecule has 9 heteroatoms. The van der Waals surface area contributed by atoms with Crippen LogP contribution in [0, 0.1) is 10.1 Å². The molecule has 0 atom stereocenters. The number of anilines is 1. The van der Waals surface area contributed by atoms with Crippen LogP contribution in [-0.2, 0) is 4.79 Å². The Labute approximate surface area is 114 Å². The van der Waals surface area contributed by atoms with E-state index >= 15 is 0 Å². The van der Waals surface area contributed by atoms with Crippen LogP contribution in [0.4, 0.5) is 11.5 Å². The van der Waals surface area contributed by atoms with Crippen LogP contribution < -0.4 is 15.4 Å². The Kier molecular flexibility index (Phi) is 4.28. The van der Waals surface area contributed by atoms with E-state index in [0.717, 1.165) is 12.8 Å². The first kappa shape index (κ1) is 14.0. The van der Waals surface area contributed by atoms with E-state index in [-0.39, 0.29) is 36.3 Å². The van der Waals surface area contributed by atoms with Gasteiger partial charge < -0.3 is 15.4 Å². The monoisotopic (exact) mass is 281 g/mol. The van der Waals surface area contributed by atoms with E-state index < -0.39 is 4.92 Å². The average molecular weight is 281 g/mol. The number of nitrogens with one attached hydrogen (secondary N) is 2. The zero-order chi connectivity index (χ0) is 14.5. The summed E-state index contributed by atoms with van der Waals surface area (Å²) in [4.78, 5) is 29.3. The van der Waals surface area contributed by atoms with Crippen molar-refractivity contribution in [1.29, 1.82) is 0 Å². The second kappa shape index (κ2) is 6.13. The molecule has 1 fully saturated rings. The van der Waals surface area contributed by atoms with Gasteiger partial charge in [-0.3, -0.25) is 14.9 Å². The maximum atomic E-state index is 11.5. The number of nitro groups is 1. The van der Waals surface area contributed by atoms with E-state index in [1.807, 2.05) is 0 Å². The van der Waals surface area contributed by atoms with Crippen molar-refractivity contribution in [2.45, 2.75) is 25.3 Å². The van der Waals surface area contributed by atoms with Crippen LogP contribution in [0.1, 0.15) is 19.3 Å². The minimum absolute atomic E-state index is 0.0427. The van der Waals surface area contributed by atoms with E-state index in [4.69, 9.17) is 4.74 Å². The summed E-state index contributed by atoms with van der Waals surface area (Å²) in [7, 11) is 1.29. The largest absolute Gasteiger partial charge is 0.476 e. The van der Waals surface area contributed by atoms with Crippen LogP contribution in [0.5, 0.6) is 5.88 Å². The van der Waals surface area contributed by atoms with Crippen molar-refractivity contribution in [3.63, 3.8) is 0 Å². The highest BCUT2D eigenvalue weighted by Crippen LogP contribution is 2.30. The highest BCUT2D eigenvalue weighted by Gasteiger charge is 2.25. The molecule has 1 amide bonds. The summed E-state index contributed by atoms with van der Waals surface area (Å²) in [5.41, 5.74) is -0.336. The second-order valence-electron chi connectivity index (χ2n) is 4.36. The number of aromatic nitrogens is 2. The molecule has 0 radical (unpaired) electrons. The van der Waals surface area contributed by atoms with Gasteiger partial charge in [-0.2, -0.15) is 4.98 Å². The van der Waals surface area contributed by atoms with Crippen molar-refractivity contribution in [3.05, 3.63) is 16.4 Å². The summed E-state index contributed by atoms with van der Waals surface area (Å²) in [6.07, 6.45) is 3.43. The molecule has 0 unspecified atom stereocenters. The topological polar surface area (TPSA) is 119 Å². The molecule has 9 nitrogen and oxygen atoms in total. The van der Waals surface area contributed by atoms with Crippen molar-refractivity contribution < 1.29 is 14.5 Å². The molecule has 1 aromatic rings. The predicted molar refractivity (Wildman–Crippen MR) is 69.5 cm³/mol. The van der Waals surface area contributed by atoms with Gasteiger partial charge in [0.15, 0.2) is 0 Å². The SMILES string of the molecule is COc1ncnc(NCCC(=O)NC2CC2)c1[N+](=O)[O-]. The van der Waals surface area contributed by atoms with Gasteiger partial charge in [-0.25, -0.2) is 4.98 Å². The normalized spacial score (nSPS) is 13.7.